The lowest BCUT2D eigenvalue weighted by molar-refractivity contribution is -0.385. The number of rotatable bonds is 10. The highest BCUT2D eigenvalue weighted by Gasteiger charge is 2.20. The summed E-state index contributed by atoms with van der Waals surface area (Å²) in [4.78, 5) is 22.5. The summed E-state index contributed by atoms with van der Waals surface area (Å²) in [6.07, 6.45) is 2.02. The molecular formula is C19H16F4N2O6. The van der Waals surface area contributed by atoms with Crippen LogP contribution in [0.5, 0.6) is 17.2 Å². The number of ether oxygens (including phenoxy) is 3. The third-order valence-electron chi connectivity index (χ3n) is 3.78. The van der Waals surface area contributed by atoms with Gasteiger partial charge in [0.1, 0.15) is 5.75 Å². The number of nitro groups is 1. The summed E-state index contributed by atoms with van der Waals surface area (Å²) in [6, 6.07) is 7.64. The van der Waals surface area contributed by atoms with Crippen LogP contribution >= 0.6 is 0 Å². The Morgan fingerprint density at radius 1 is 1.10 bits per heavy atom. The summed E-state index contributed by atoms with van der Waals surface area (Å²) in [5, 5.41) is 13.7. The van der Waals surface area contributed by atoms with Gasteiger partial charge in [0.05, 0.1) is 23.7 Å². The van der Waals surface area contributed by atoms with Crippen LogP contribution in [0.3, 0.4) is 0 Å². The maximum absolute atomic E-state index is 12.5. The number of hydrogen-bond acceptors (Lipinski definition) is 6. The summed E-state index contributed by atoms with van der Waals surface area (Å²) in [7, 11) is 1.15. The predicted octanol–water partition coefficient (Wildman–Crippen LogP) is 4.14. The molecule has 0 heterocycles. The summed E-state index contributed by atoms with van der Waals surface area (Å²) in [5.74, 6) is -1.56. The molecule has 2 aromatic rings. The molecule has 0 unspecified atom stereocenters. The largest absolute Gasteiger partial charge is 0.493 e. The molecule has 8 nitrogen and oxygen atoms in total. The molecule has 2 aromatic carbocycles. The zero-order chi connectivity index (χ0) is 23.0. The maximum atomic E-state index is 12.5. The topological polar surface area (TPSA) is 99.9 Å². The van der Waals surface area contributed by atoms with Gasteiger partial charge in [-0.25, -0.2) is 0 Å². The Hall–Kier alpha value is -3.83. The molecule has 0 spiro atoms. The Morgan fingerprint density at radius 2 is 1.74 bits per heavy atom. The number of carbonyl (C=O) groups excluding carboxylic acids is 1. The molecule has 2 rings (SSSR count). The number of halogens is 4. The average Bonchev–Trinajstić information content (AvgIpc) is 2.70. The van der Waals surface area contributed by atoms with Crippen LogP contribution in [0.2, 0.25) is 0 Å². The van der Waals surface area contributed by atoms with Crippen molar-refractivity contribution >= 4 is 17.7 Å². The predicted molar refractivity (Wildman–Crippen MR) is 100 cm³/mol. The van der Waals surface area contributed by atoms with Crippen LogP contribution in [0, 0.1) is 10.1 Å². The summed E-state index contributed by atoms with van der Waals surface area (Å²) >= 11 is 0. The van der Waals surface area contributed by atoms with Crippen molar-refractivity contribution in [1.82, 2.24) is 5.32 Å². The third kappa shape index (κ3) is 6.87. The molecule has 31 heavy (non-hydrogen) atoms. The van der Waals surface area contributed by atoms with E-state index in [1.54, 1.807) is 6.07 Å². The minimum absolute atomic E-state index is 0.111. The molecule has 0 saturated carbocycles. The molecule has 0 radical (unpaired) electrons. The van der Waals surface area contributed by atoms with Crippen molar-refractivity contribution in [3.63, 3.8) is 0 Å². The first kappa shape index (κ1) is 23.4. The van der Waals surface area contributed by atoms with Gasteiger partial charge < -0.3 is 19.5 Å². The van der Waals surface area contributed by atoms with E-state index in [1.165, 1.54) is 18.2 Å². The fourth-order valence-corrected chi connectivity index (χ4v) is 2.47. The van der Waals surface area contributed by atoms with Crippen LogP contribution in [0.25, 0.3) is 6.08 Å². The van der Waals surface area contributed by atoms with Gasteiger partial charge in [-0.3, -0.25) is 14.9 Å². The number of methoxy groups -OCH3 is 1. The fourth-order valence-electron chi connectivity index (χ4n) is 2.47. The van der Waals surface area contributed by atoms with E-state index in [-0.39, 0.29) is 29.2 Å². The second kappa shape index (κ2) is 10.8. The van der Waals surface area contributed by atoms with Gasteiger partial charge in [-0.1, -0.05) is 18.2 Å². The lowest BCUT2D eigenvalue weighted by atomic mass is 10.1. The van der Waals surface area contributed by atoms with E-state index in [9.17, 15) is 32.5 Å². The second-order valence-electron chi connectivity index (χ2n) is 5.73. The summed E-state index contributed by atoms with van der Waals surface area (Å²) in [6.45, 7) is -6.42. The van der Waals surface area contributed by atoms with Gasteiger partial charge in [-0.15, -0.1) is 0 Å². The van der Waals surface area contributed by atoms with E-state index in [2.05, 4.69) is 14.8 Å². The van der Waals surface area contributed by atoms with Crippen LogP contribution in [-0.2, 0) is 11.3 Å². The maximum Gasteiger partial charge on any atom is 0.387 e. The molecule has 0 aliphatic rings. The third-order valence-corrected chi connectivity index (χ3v) is 3.78. The number of alkyl halides is 4. The zero-order valence-electron chi connectivity index (χ0n) is 15.9. The van der Waals surface area contributed by atoms with Crippen molar-refractivity contribution in [1.29, 1.82) is 0 Å². The molecule has 1 amide bonds. The van der Waals surface area contributed by atoms with Crippen LogP contribution < -0.4 is 19.5 Å². The van der Waals surface area contributed by atoms with E-state index in [4.69, 9.17) is 4.74 Å². The standard InChI is InChI=1S/C19H16F4N2O6/c1-29-15-8-11(13(25(27)28)9-16(15)31-19(22)23)6-7-17(26)24-10-12-4-2-3-5-14(12)30-18(20)21/h2-9,18-19H,10H2,1H3,(H,24,26)/b7-6+. The molecule has 166 valence electrons. The van der Waals surface area contributed by atoms with Crippen molar-refractivity contribution in [3.05, 3.63) is 63.7 Å². The summed E-state index contributed by atoms with van der Waals surface area (Å²) < 4.78 is 63.3. The van der Waals surface area contributed by atoms with Gasteiger partial charge in [0.2, 0.25) is 5.91 Å². The fraction of sp³-hybridized carbons (Fsp3) is 0.211. The quantitative estimate of drug-likeness (QED) is 0.256. The molecule has 0 aliphatic heterocycles. The van der Waals surface area contributed by atoms with Crippen LogP contribution in [0.1, 0.15) is 11.1 Å². The van der Waals surface area contributed by atoms with Gasteiger partial charge in [0, 0.05) is 18.2 Å². The number of nitrogens with zero attached hydrogens (tertiary/aromatic N) is 1. The van der Waals surface area contributed by atoms with Gasteiger partial charge in [0.15, 0.2) is 11.5 Å². The molecule has 0 aliphatic carbocycles. The number of benzene rings is 2. The van der Waals surface area contributed by atoms with E-state index in [0.29, 0.717) is 0 Å². The second-order valence-corrected chi connectivity index (χ2v) is 5.73. The molecule has 1 N–H and O–H groups in total. The Kier molecular flexibility index (Phi) is 8.17. The number of amides is 1. The molecular weight excluding hydrogens is 428 g/mol. The summed E-state index contributed by atoms with van der Waals surface area (Å²) in [5.41, 5.74) is -0.429. The lowest BCUT2D eigenvalue weighted by Crippen LogP contribution is -2.21. The zero-order valence-corrected chi connectivity index (χ0v) is 15.9. The molecule has 0 bridgehead atoms. The first-order chi connectivity index (χ1) is 14.7. The van der Waals surface area contributed by atoms with E-state index < -0.39 is 35.5 Å². The Bertz CT molecular complexity index is 968. The number of nitro benzene ring substituents is 1. The minimum Gasteiger partial charge on any atom is -0.493 e. The number of nitrogens with one attached hydrogen (secondary N) is 1. The highest BCUT2D eigenvalue weighted by molar-refractivity contribution is 5.92. The molecule has 0 aromatic heterocycles. The van der Waals surface area contributed by atoms with Gasteiger partial charge >= 0.3 is 13.2 Å². The minimum atomic E-state index is -3.22. The van der Waals surface area contributed by atoms with Crippen molar-refractivity contribution < 1.29 is 41.5 Å². The van der Waals surface area contributed by atoms with Gasteiger partial charge in [-0.2, -0.15) is 17.6 Å². The van der Waals surface area contributed by atoms with Crippen molar-refractivity contribution in [2.45, 2.75) is 19.8 Å². The van der Waals surface area contributed by atoms with E-state index >= 15 is 0 Å². The first-order valence-corrected chi connectivity index (χ1v) is 8.51. The Balaban J connectivity index is 2.17. The van der Waals surface area contributed by atoms with Crippen LogP contribution in [-0.4, -0.2) is 31.2 Å². The molecule has 0 saturated heterocycles. The molecule has 0 atom stereocenters. The smallest absolute Gasteiger partial charge is 0.387 e. The SMILES string of the molecule is COc1cc(/C=C/C(=O)NCc2ccccc2OC(F)F)c([N+](=O)[O-])cc1OC(F)F. The van der Waals surface area contributed by atoms with Crippen molar-refractivity contribution in [2.75, 3.05) is 7.11 Å². The lowest BCUT2D eigenvalue weighted by Gasteiger charge is -2.11. The van der Waals surface area contributed by atoms with E-state index in [0.717, 1.165) is 31.4 Å². The molecule has 12 heteroatoms. The normalized spacial score (nSPS) is 11.1. The van der Waals surface area contributed by atoms with Crippen molar-refractivity contribution in [3.8, 4) is 17.2 Å². The first-order valence-electron chi connectivity index (χ1n) is 8.51. The number of para-hydroxylation sites is 1. The van der Waals surface area contributed by atoms with Crippen molar-refractivity contribution in [2.24, 2.45) is 0 Å². The molecule has 0 fully saturated rings. The monoisotopic (exact) mass is 444 g/mol. The number of carbonyl (C=O) groups is 1. The van der Waals surface area contributed by atoms with E-state index in [1.807, 2.05) is 0 Å². The Labute approximate surface area is 173 Å². The van der Waals surface area contributed by atoms with Gasteiger partial charge in [-0.05, 0) is 18.2 Å². The highest BCUT2D eigenvalue weighted by Crippen LogP contribution is 2.36. The van der Waals surface area contributed by atoms with Gasteiger partial charge in [0.25, 0.3) is 5.69 Å². The van der Waals surface area contributed by atoms with Crippen LogP contribution in [0.4, 0.5) is 23.2 Å². The number of hydrogen-bond donors (Lipinski definition) is 1. The Morgan fingerprint density at radius 3 is 2.35 bits per heavy atom. The van der Waals surface area contributed by atoms with Crippen LogP contribution in [0.15, 0.2) is 42.5 Å². The highest BCUT2D eigenvalue weighted by atomic mass is 19.3. The average molecular weight is 444 g/mol.